The van der Waals surface area contributed by atoms with Gasteiger partial charge in [-0.2, -0.15) is 0 Å². The Morgan fingerprint density at radius 1 is 0.406 bits per heavy atom. The molecule has 0 radical (unpaired) electrons. The molecule has 0 aliphatic carbocycles. The molecule has 4 aromatic rings. The molecular weight excluding hydrogens is 400 g/mol. The van der Waals surface area contributed by atoms with Crippen molar-refractivity contribution in [2.24, 2.45) is 0 Å². The van der Waals surface area contributed by atoms with E-state index >= 15 is 0 Å². The lowest BCUT2D eigenvalue weighted by Crippen LogP contribution is -2.06. The Kier molecular flexibility index (Phi) is 5.95. The summed E-state index contributed by atoms with van der Waals surface area (Å²) in [5, 5.41) is 0. The van der Waals surface area contributed by atoms with E-state index in [4.69, 9.17) is 0 Å². The molecule has 32 heavy (non-hydrogen) atoms. The lowest BCUT2D eigenvalue weighted by molar-refractivity contribution is 0.102. The molecule has 0 fully saturated rings. The van der Waals surface area contributed by atoms with Gasteiger partial charge in [0.1, 0.15) is 6.29 Å². The van der Waals surface area contributed by atoms with Gasteiger partial charge in [0.2, 0.25) is 0 Å². The van der Waals surface area contributed by atoms with Crippen LogP contribution in [0.5, 0.6) is 0 Å². The van der Waals surface area contributed by atoms with Crippen LogP contribution in [0.4, 0.5) is 0 Å². The first-order chi connectivity index (χ1) is 15.6. The highest BCUT2D eigenvalue weighted by atomic mass is 16.1. The molecule has 0 saturated carbocycles. The largest absolute Gasteiger partial charge is 0.298 e. The van der Waals surface area contributed by atoms with Gasteiger partial charge in [0.05, 0.1) is 0 Å². The number of hydrogen-bond donors (Lipinski definition) is 0. The van der Waals surface area contributed by atoms with E-state index in [-0.39, 0.29) is 17.3 Å². The molecule has 4 heteroatoms. The van der Waals surface area contributed by atoms with Crippen LogP contribution in [-0.2, 0) is 0 Å². The van der Waals surface area contributed by atoms with Crippen LogP contribution in [0.25, 0.3) is 0 Å². The average Bonchev–Trinajstić information content (AvgIpc) is 2.88. The molecule has 0 unspecified atom stereocenters. The number of rotatable bonds is 7. The Hall–Kier alpha value is -4.44. The first kappa shape index (κ1) is 20.8. The zero-order valence-corrected chi connectivity index (χ0v) is 17.0. The van der Waals surface area contributed by atoms with Gasteiger partial charge < -0.3 is 0 Å². The summed E-state index contributed by atoms with van der Waals surface area (Å²) in [6, 6.07) is 28.3. The van der Waals surface area contributed by atoms with Crippen molar-refractivity contribution in [1.82, 2.24) is 0 Å². The fraction of sp³-hybridized carbons (Fsp3) is 0. The van der Waals surface area contributed by atoms with Crippen molar-refractivity contribution in [2.75, 3.05) is 0 Å². The zero-order chi connectivity index (χ0) is 22.5. The molecule has 4 rings (SSSR count). The Morgan fingerprint density at radius 3 is 1.00 bits per heavy atom. The maximum Gasteiger partial charge on any atom is 0.193 e. The lowest BCUT2D eigenvalue weighted by Gasteiger charge is -2.06. The van der Waals surface area contributed by atoms with Gasteiger partial charge in [-0.3, -0.25) is 19.2 Å². The molecule has 0 bridgehead atoms. The minimum absolute atomic E-state index is 0.103. The van der Waals surface area contributed by atoms with E-state index in [1.54, 1.807) is 97.1 Å². The topological polar surface area (TPSA) is 68.3 Å². The smallest absolute Gasteiger partial charge is 0.193 e. The van der Waals surface area contributed by atoms with Gasteiger partial charge >= 0.3 is 0 Å². The normalized spacial score (nSPS) is 10.4. The van der Waals surface area contributed by atoms with E-state index in [0.717, 1.165) is 6.29 Å². The molecular formula is C28H18O4. The Bertz CT molecular complexity index is 1280. The molecule has 0 N–H and O–H groups in total. The number of carbonyl (C=O) groups excluding carboxylic acids is 4. The third-order valence-electron chi connectivity index (χ3n) is 5.16. The summed E-state index contributed by atoms with van der Waals surface area (Å²) < 4.78 is 0. The van der Waals surface area contributed by atoms with E-state index in [2.05, 4.69) is 0 Å². The third kappa shape index (κ3) is 4.35. The van der Waals surface area contributed by atoms with Crippen LogP contribution in [0.2, 0.25) is 0 Å². The quantitative estimate of drug-likeness (QED) is 0.306. The van der Waals surface area contributed by atoms with Crippen molar-refractivity contribution in [1.29, 1.82) is 0 Å². The molecule has 0 saturated heterocycles. The van der Waals surface area contributed by atoms with Crippen molar-refractivity contribution in [3.8, 4) is 0 Å². The number of aldehydes is 1. The minimum atomic E-state index is -0.196. The van der Waals surface area contributed by atoms with Crippen LogP contribution in [0, 0.1) is 0 Å². The summed E-state index contributed by atoms with van der Waals surface area (Å²) in [6.45, 7) is 0. The average molecular weight is 418 g/mol. The molecule has 4 nitrogen and oxygen atoms in total. The minimum Gasteiger partial charge on any atom is -0.298 e. The van der Waals surface area contributed by atoms with Crippen molar-refractivity contribution in [2.45, 2.75) is 0 Å². The maximum atomic E-state index is 12.8. The second-order valence-corrected chi connectivity index (χ2v) is 7.25. The van der Waals surface area contributed by atoms with Crippen LogP contribution < -0.4 is 0 Å². The number of hydrogen-bond acceptors (Lipinski definition) is 4. The van der Waals surface area contributed by atoms with E-state index in [0.29, 0.717) is 38.9 Å². The van der Waals surface area contributed by atoms with E-state index in [1.807, 2.05) is 6.07 Å². The van der Waals surface area contributed by atoms with Crippen molar-refractivity contribution in [3.63, 3.8) is 0 Å². The van der Waals surface area contributed by atoms with Crippen LogP contribution in [0.15, 0.2) is 103 Å². The van der Waals surface area contributed by atoms with E-state index in [9.17, 15) is 19.2 Å². The van der Waals surface area contributed by atoms with Gasteiger partial charge in [-0.25, -0.2) is 0 Å². The Morgan fingerprint density at radius 2 is 0.688 bits per heavy atom. The lowest BCUT2D eigenvalue weighted by atomic mass is 9.96. The van der Waals surface area contributed by atoms with Gasteiger partial charge in [0, 0.05) is 38.9 Å². The predicted molar refractivity (Wildman–Crippen MR) is 121 cm³/mol. The summed E-state index contributed by atoms with van der Waals surface area (Å²) >= 11 is 0. The standard InChI is InChI=1S/C28H18O4/c29-18-19-6-8-21(9-7-19)27(31)23-14-16-25(17-15-23)28(32)24-12-10-22(11-13-24)26(30)20-4-2-1-3-5-20/h1-18H. The molecule has 0 aliphatic heterocycles. The summed E-state index contributed by atoms with van der Waals surface area (Å²) in [7, 11) is 0. The zero-order valence-electron chi connectivity index (χ0n) is 17.0. The van der Waals surface area contributed by atoms with Gasteiger partial charge in [0.25, 0.3) is 0 Å². The highest BCUT2D eigenvalue weighted by Gasteiger charge is 2.14. The van der Waals surface area contributed by atoms with Crippen molar-refractivity contribution in [3.05, 3.63) is 142 Å². The van der Waals surface area contributed by atoms with Gasteiger partial charge in [-0.05, 0) is 0 Å². The summed E-state index contributed by atoms with van der Waals surface area (Å²) in [4.78, 5) is 48.7. The molecule has 0 aliphatic rings. The summed E-state index contributed by atoms with van der Waals surface area (Å²) in [5.74, 6) is -0.489. The molecule has 0 atom stereocenters. The van der Waals surface area contributed by atoms with E-state index < -0.39 is 0 Å². The fourth-order valence-corrected chi connectivity index (χ4v) is 3.35. The second-order valence-electron chi connectivity index (χ2n) is 7.25. The molecule has 0 aromatic heterocycles. The SMILES string of the molecule is O=Cc1ccc(C(=O)c2ccc(C(=O)c3ccc(C(=O)c4ccccc4)cc3)cc2)cc1. The monoisotopic (exact) mass is 418 g/mol. The molecule has 154 valence electrons. The Balaban J connectivity index is 1.49. The predicted octanol–water partition coefficient (Wildman–Crippen LogP) is 5.19. The van der Waals surface area contributed by atoms with Gasteiger partial charge in [-0.1, -0.05) is 103 Å². The molecule has 4 aromatic carbocycles. The first-order valence-corrected chi connectivity index (χ1v) is 10.0. The van der Waals surface area contributed by atoms with Gasteiger partial charge in [0.15, 0.2) is 17.3 Å². The van der Waals surface area contributed by atoms with Gasteiger partial charge in [-0.15, -0.1) is 0 Å². The molecule has 0 amide bonds. The Labute approximate surface area is 185 Å². The van der Waals surface area contributed by atoms with Crippen LogP contribution in [-0.4, -0.2) is 23.6 Å². The van der Waals surface area contributed by atoms with Crippen LogP contribution in [0.1, 0.15) is 58.1 Å². The fourth-order valence-electron chi connectivity index (χ4n) is 3.35. The molecule has 0 heterocycles. The third-order valence-corrected chi connectivity index (χ3v) is 5.16. The van der Waals surface area contributed by atoms with Crippen LogP contribution in [0.3, 0.4) is 0 Å². The van der Waals surface area contributed by atoms with E-state index in [1.165, 1.54) is 0 Å². The summed E-state index contributed by atoms with van der Waals surface area (Å²) in [5.41, 5.74) is 3.41. The number of ketones is 3. The van der Waals surface area contributed by atoms with Crippen molar-refractivity contribution < 1.29 is 19.2 Å². The number of carbonyl (C=O) groups is 4. The van der Waals surface area contributed by atoms with Crippen molar-refractivity contribution >= 4 is 23.6 Å². The highest BCUT2D eigenvalue weighted by Crippen LogP contribution is 2.17. The van der Waals surface area contributed by atoms with Crippen LogP contribution >= 0.6 is 0 Å². The summed E-state index contributed by atoms with van der Waals surface area (Å²) in [6.07, 6.45) is 0.721. The second kappa shape index (κ2) is 9.14. The highest BCUT2D eigenvalue weighted by molar-refractivity contribution is 6.13. The maximum absolute atomic E-state index is 12.8. The molecule has 0 spiro atoms. The first-order valence-electron chi connectivity index (χ1n) is 10.0. The number of benzene rings is 4.